The number of hydrogen-bond acceptors (Lipinski definition) is 8. The van der Waals surface area contributed by atoms with Crippen LogP contribution >= 0.6 is 11.6 Å². The molecule has 1 aromatic heterocycles. The second kappa shape index (κ2) is 8.68. The molecule has 11 heteroatoms. The van der Waals surface area contributed by atoms with Crippen LogP contribution in [0.15, 0.2) is 45.8 Å². The van der Waals surface area contributed by atoms with Crippen LogP contribution in [0.2, 0.25) is 5.02 Å². The van der Waals surface area contributed by atoms with Gasteiger partial charge in [-0.1, -0.05) is 17.7 Å². The van der Waals surface area contributed by atoms with E-state index in [0.29, 0.717) is 18.1 Å². The van der Waals surface area contributed by atoms with Crippen molar-refractivity contribution in [2.45, 2.75) is 6.29 Å². The van der Waals surface area contributed by atoms with Gasteiger partial charge in [0, 0.05) is 70.6 Å². The maximum absolute atomic E-state index is 12.6. The van der Waals surface area contributed by atoms with Crippen molar-refractivity contribution in [1.29, 1.82) is 0 Å². The number of rotatable bonds is 5. The third-order valence-electron chi connectivity index (χ3n) is 6.59. The number of aromatic nitrogens is 2. The van der Waals surface area contributed by atoms with E-state index in [0.717, 1.165) is 54.7 Å². The third-order valence-corrected chi connectivity index (χ3v) is 6.82. The number of nitrogens with zero attached hydrogens (tertiary/aromatic N) is 5. The van der Waals surface area contributed by atoms with Crippen LogP contribution in [0.25, 0.3) is 0 Å². The quantitative estimate of drug-likeness (QED) is 0.565. The highest BCUT2D eigenvalue weighted by atomic mass is 35.5. The van der Waals surface area contributed by atoms with Crippen LogP contribution in [0, 0.1) is 0 Å². The van der Waals surface area contributed by atoms with Crippen molar-refractivity contribution in [2.24, 2.45) is 14.1 Å². The Morgan fingerprint density at radius 2 is 1.88 bits per heavy atom. The second-order valence-electron chi connectivity index (χ2n) is 8.60. The van der Waals surface area contributed by atoms with Crippen molar-refractivity contribution < 1.29 is 0 Å². The molecule has 4 heterocycles. The Kier molecular flexibility index (Phi) is 5.71. The largest absolute Gasteiger partial charge is 0.371 e. The number of fused-ring (bicyclic) bond motifs is 3. The fraction of sp³-hybridized carbons (Fsp3) is 0.455. The molecule has 0 saturated carbocycles. The van der Waals surface area contributed by atoms with Crippen LogP contribution in [0.5, 0.6) is 0 Å². The average molecular weight is 473 g/mol. The van der Waals surface area contributed by atoms with E-state index in [2.05, 4.69) is 31.8 Å². The van der Waals surface area contributed by atoms with Crippen LogP contribution in [-0.4, -0.2) is 66.1 Å². The number of halogens is 1. The molecule has 0 bridgehead atoms. The first-order valence-electron chi connectivity index (χ1n) is 11.2. The molecule has 3 N–H and O–H groups in total. The van der Waals surface area contributed by atoms with Crippen LogP contribution in [-0.2, 0) is 14.1 Å². The van der Waals surface area contributed by atoms with Gasteiger partial charge in [0.25, 0.3) is 5.56 Å². The van der Waals surface area contributed by atoms with Crippen molar-refractivity contribution in [3.05, 3.63) is 62.0 Å². The summed E-state index contributed by atoms with van der Waals surface area (Å²) >= 11 is 6.13. The Bertz CT molecular complexity index is 1200. The van der Waals surface area contributed by atoms with Crippen LogP contribution in [0.1, 0.15) is 0 Å². The summed E-state index contributed by atoms with van der Waals surface area (Å²) < 4.78 is 2.62. The zero-order valence-corrected chi connectivity index (χ0v) is 19.6. The Morgan fingerprint density at radius 1 is 1.09 bits per heavy atom. The molecule has 1 atom stereocenters. The molecule has 2 aromatic rings. The first kappa shape index (κ1) is 21.7. The molecule has 1 saturated heterocycles. The number of hydrogen-bond donors (Lipinski definition) is 3. The minimum atomic E-state index is -0.340. The summed E-state index contributed by atoms with van der Waals surface area (Å²) in [5.74, 6) is 1.48. The molecule has 1 unspecified atom stereocenters. The van der Waals surface area contributed by atoms with E-state index in [1.165, 1.54) is 17.3 Å². The number of benzene rings is 1. The Balaban J connectivity index is 1.13. The van der Waals surface area contributed by atoms with Gasteiger partial charge >= 0.3 is 5.69 Å². The minimum Gasteiger partial charge on any atom is -0.371 e. The Hall–Kier alpha value is -3.11. The van der Waals surface area contributed by atoms with Gasteiger partial charge < -0.3 is 25.8 Å². The van der Waals surface area contributed by atoms with Gasteiger partial charge in [-0.2, -0.15) is 0 Å². The van der Waals surface area contributed by atoms with Gasteiger partial charge in [0.1, 0.15) is 11.5 Å². The Labute approximate surface area is 197 Å². The summed E-state index contributed by atoms with van der Waals surface area (Å²) in [7, 11) is 3.18. The van der Waals surface area contributed by atoms with E-state index >= 15 is 0 Å². The predicted molar refractivity (Wildman–Crippen MR) is 131 cm³/mol. The monoisotopic (exact) mass is 472 g/mol. The van der Waals surface area contributed by atoms with Gasteiger partial charge in [-0.15, -0.1) is 0 Å². The number of nitrogens with one attached hydrogen (secondary N) is 3. The third kappa shape index (κ3) is 4.04. The first-order chi connectivity index (χ1) is 15.9. The minimum absolute atomic E-state index is 0.269. The molecule has 33 heavy (non-hydrogen) atoms. The molecule has 0 amide bonds. The van der Waals surface area contributed by atoms with Gasteiger partial charge in [0.05, 0.1) is 5.82 Å². The summed E-state index contributed by atoms with van der Waals surface area (Å²) in [5.41, 5.74) is 1.07. The first-order valence-corrected chi connectivity index (χ1v) is 11.6. The lowest BCUT2D eigenvalue weighted by molar-refractivity contribution is 0.259. The summed E-state index contributed by atoms with van der Waals surface area (Å²) in [6, 6.07) is 8.03. The topological polar surface area (TPSA) is 89.8 Å². The molecule has 5 rings (SSSR count). The lowest BCUT2D eigenvalue weighted by Gasteiger charge is -2.36. The van der Waals surface area contributed by atoms with Gasteiger partial charge in [-0.25, -0.2) is 4.79 Å². The summed E-state index contributed by atoms with van der Waals surface area (Å²) in [4.78, 5) is 31.6. The van der Waals surface area contributed by atoms with E-state index in [1.54, 1.807) is 7.05 Å². The van der Waals surface area contributed by atoms with Gasteiger partial charge in [0.15, 0.2) is 6.29 Å². The molecule has 0 spiro atoms. The van der Waals surface area contributed by atoms with Gasteiger partial charge in [-0.05, 0) is 24.3 Å². The van der Waals surface area contributed by atoms with Crippen molar-refractivity contribution in [3.63, 3.8) is 0 Å². The molecule has 10 nitrogen and oxygen atoms in total. The zero-order valence-electron chi connectivity index (χ0n) is 18.8. The molecule has 3 aliphatic heterocycles. The van der Waals surface area contributed by atoms with Gasteiger partial charge in [-0.3, -0.25) is 18.8 Å². The van der Waals surface area contributed by atoms with Crippen LogP contribution in [0.3, 0.4) is 0 Å². The zero-order chi connectivity index (χ0) is 23.1. The van der Waals surface area contributed by atoms with Crippen LogP contribution < -0.4 is 37.0 Å². The van der Waals surface area contributed by atoms with E-state index < -0.39 is 0 Å². The summed E-state index contributed by atoms with van der Waals surface area (Å²) in [5, 5.41) is 10.9. The molecule has 1 fully saturated rings. The lowest BCUT2D eigenvalue weighted by atomic mass is 10.2. The molecular weight excluding hydrogens is 444 g/mol. The van der Waals surface area contributed by atoms with E-state index in [1.807, 2.05) is 29.2 Å². The van der Waals surface area contributed by atoms with Crippen LogP contribution in [0.4, 0.5) is 17.2 Å². The molecule has 1 aromatic carbocycles. The van der Waals surface area contributed by atoms with Crippen molar-refractivity contribution in [3.8, 4) is 0 Å². The maximum atomic E-state index is 12.6. The standard InChI is InChI=1S/C22H29ClN8O2/c1-27-19-18(20(32)28(2)22(27)33)31-8-6-17(25-21(31)26-19)24-7-9-29-10-12-30(13-11-29)16-5-3-4-15(23)14-16/h3-6,14,21,24-26H,7-13H2,1-2H3. The smallest absolute Gasteiger partial charge is 0.332 e. The van der Waals surface area contributed by atoms with Crippen molar-refractivity contribution in [1.82, 2.24) is 24.7 Å². The number of piperazine rings is 1. The highest BCUT2D eigenvalue weighted by Gasteiger charge is 2.36. The second-order valence-corrected chi connectivity index (χ2v) is 9.04. The van der Waals surface area contributed by atoms with E-state index in [4.69, 9.17) is 11.6 Å². The van der Waals surface area contributed by atoms with Crippen molar-refractivity contribution >= 4 is 28.8 Å². The SMILES string of the molecule is Cn1c2c(c(=O)n(C)c1=O)N1CC=C(NCCN3CCN(c4cccc(Cl)c4)CC3)NC1N2. The molecular formula is C22H29ClN8O2. The normalized spacial score (nSPS) is 20.0. The molecule has 3 aliphatic rings. The lowest BCUT2D eigenvalue weighted by Crippen LogP contribution is -2.54. The summed E-state index contributed by atoms with van der Waals surface area (Å²) in [6.45, 7) is 6.31. The summed E-state index contributed by atoms with van der Waals surface area (Å²) in [6.07, 6.45) is 1.77. The van der Waals surface area contributed by atoms with E-state index in [-0.39, 0.29) is 17.5 Å². The molecule has 0 radical (unpaired) electrons. The highest BCUT2D eigenvalue weighted by molar-refractivity contribution is 6.30. The fourth-order valence-corrected chi connectivity index (χ4v) is 4.85. The molecule has 176 valence electrons. The van der Waals surface area contributed by atoms with E-state index in [9.17, 15) is 9.59 Å². The number of anilines is 3. The Morgan fingerprint density at radius 3 is 2.64 bits per heavy atom. The highest BCUT2D eigenvalue weighted by Crippen LogP contribution is 2.30. The van der Waals surface area contributed by atoms with Crippen molar-refractivity contribution in [2.75, 3.05) is 60.9 Å². The fourth-order valence-electron chi connectivity index (χ4n) is 4.67. The molecule has 0 aliphatic carbocycles. The maximum Gasteiger partial charge on any atom is 0.332 e. The predicted octanol–water partition coefficient (Wildman–Crippen LogP) is 0.109. The average Bonchev–Trinajstić information content (AvgIpc) is 3.21. The van der Waals surface area contributed by atoms with Gasteiger partial charge in [0.2, 0.25) is 0 Å².